The quantitative estimate of drug-likeness (QED) is 0.746. The van der Waals surface area contributed by atoms with Gasteiger partial charge in [0, 0.05) is 24.2 Å². The number of benzene rings is 1. The topological polar surface area (TPSA) is 77.9 Å². The fraction of sp³-hybridized carbons (Fsp3) is 0.500. The standard InChI is InChI=1S/C18H20Cl2N2O4/c1-10(18(25)26)9-22(12-3-4-12)17(24)13-6-7-21(16(13)23)15-8-11(19)2-5-14(15)20/h2,5,8,10,12-13H,3-4,6-7,9H2,1H3,(H,25,26). The Morgan fingerprint density at radius 1 is 1.31 bits per heavy atom. The second kappa shape index (κ2) is 7.45. The van der Waals surface area contributed by atoms with E-state index in [1.54, 1.807) is 30.0 Å². The fourth-order valence-electron chi connectivity index (χ4n) is 3.22. The summed E-state index contributed by atoms with van der Waals surface area (Å²) in [6.07, 6.45) is 2.08. The highest BCUT2D eigenvalue weighted by atomic mass is 35.5. The number of carbonyl (C=O) groups is 3. The maximum Gasteiger partial charge on any atom is 0.308 e. The third-order valence-electron chi connectivity index (χ3n) is 4.87. The highest BCUT2D eigenvalue weighted by molar-refractivity contribution is 6.36. The largest absolute Gasteiger partial charge is 0.481 e. The molecule has 0 bridgehead atoms. The normalized spacial score (nSPS) is 21.0. The Morgan fingerprint density at radius 2 is 2.00 bits per heavy atom. The summed E-state index contributed by atoms with van der Waals surface area (Å²) in [7, 11) is 0. The van der Waals surface area contributed by atoms with Crippen LogP contribution in [0, 0.1) is 11.8 Å². The van der Waals surface area contributed by atoms with Gasteiger partial charge in [0.15, 0.2) is 0 Å². The monoisotopic (exact) mass is 398 g/mol. The van der Waals surface area contributed by atoms with Crippen LogP contribution in [0.1, 0.15) is 26.2 Å². The molecular formula is C18H20Cl2N2O4. The number of hydrogen-bond acceptors (Lipinski definition) is 3. The Hall–Kier alpha value is -1.79. The Bertz CT molecular complexity index is 751. The van der Waals surface area contributed by atoms with Gasteiger partial charge in [0.1, 0.15) is 5.92 Å². The van der Waals surface area contributed by atoms with Gasteiger partial charge in [0.2, 0.25) is 11.8 Å². The second-order valence-corrected chi connectivity index (χ2v) is 7.73. The van der Waals surface area contributed by atoms with E-state index in [1.807, 2.05) is 0 Å². The predicted molar refractivity (Wildman–Crippen MR) is 98.5 cm³/mol. The molecule has 1 saturated carbocycles. The number of carbonyl (C=O) groups excluding carboxylic acids is 2. The van der Waals surface area contributed by atoms with Crippen LogP contribution in [0.25, 0.3) is 0 Å². The molecule has 2 amide bonds. The van der Waals surface area contributed by atoms with E-state index < -0.39 is 17.8 Å². The third kappa shape index (κ3) is 3.81. The first-order valence-corrected chi connectivity index (χ1v) is 9.35. The summed E-state index contributed by atoms with van der Waals surface area (Å²) in [5.74, 6) is -3.02. The number of carboxylic acid groups (broad SMARTS) is 1. The smallest absolute Gasteiger partial charge is 0.308 e. The van der Waals surface area contributed by atoms with Crippen LogP contribution in [0.2, 0.25) is 10.0 Å². The van der Waals surface area contributed by atoms with E-state index in [0.717, 1.165) is 12.8 Å². The minimum absolute atomic E-state index is 0.0425. The maximum absolute atomic E-state index is 13.0. The molecule has 8 heteroatoms. The van der Waals surface area contributed by atoms with Crippen molar-refractivity contribution in [3.63, 3.8) is 0 Å². The minimum atomic E-state index is -0.950. The molecule has 6 nitrogen and oxygen atoms in total. The van der Waals surface area contributed by atoms with E-state index in [1.165, 1.54) is 4.90 Å². The van der Waals surface area contributed by atoms with Crippen LogP contribution >= 0.6 is 23.2 Å². The molecule has 2 atom stereocenters. The zero-order chi connectivity index (χ0) is 19.0. The van der Waals surface area contributed by atoms with Gasteiger partial charge in [-0.25, -0.2) is 0 Å². The summed E-state index contributed by atoms with van der Waals surface area (Å²) in [4.78, 5) is 40.0. The highest BCUT2D eigenvalue weighted by Crippen LogP contribution is 2.36. The van der Waals surface area contributed by atoms with Crippen molar-refractivity contribution in [2.24, 2.45) is 11.8 Å². The molecule has 140 valence electrons. The lowest BCUT2D eigenvalue weighted by molar-refractivity contribution is -0.145. The lowest BCUT2D eigenvalue weighted by Gasteiger charge is -2.27. The number of hydrogen-bond donors (Lipinski definition) is 1. The van der Waals surface area contributed by atoms with Gasteiger partial charge in [-0.15, -0.1) is 0 Å². The fourth-order valence-corrected chi connectivity index (χ4v) is 3.61. The minimum Gasteiger partial charge on any atom is -0.481 e. The van der Waals surface area contributed by atoms with Crippen molar-refractivity contribution in [3.05, 3.63) is 28.2 Å². The molecule has 1 heterocycles. The van der Waals surface area contributed by atoms with Gasteiger partial charge in [-0.3, -0.25) is 14.4 Å². The lowest BCUT2D eigenvalue weighted by atomic mass is 10.0. The first-order valence-electron chi connectivity index (χ1n) is 8.59. The van der Waals surface area contributed by atoms with Gasteiger partial charge in [-0.2, -0.15) is 0 Å². The van der Waals surface area contributed by atoms with Crippen LogP contribution in [0.3, 0.4) is 0 Å². The molecule has 0 spiro atoms. The Kier molecular flexibility index (Phi) is 5.44. The average Bonchev–Trinajstić information content (AvgIpc) is 3.36. The van der Waals surface area contributed by atoms with Gasteiger partial charge < -0.3 is 14.9 Å². The van der Waals surface area contributed by atoms with Gasteiger partial charge in [0.05, 0.1) is 16.6 Å². The molecule has 1 aliphatic carbocycles. The summed E-state index contributed by atoms with van der Waals surface area (Å²) in [6.45, 7) is 2.07. The zero-order valence-electron chi connectivity index (χ0n) is 14.3. The summed E-state index contributed by atoms with van der Waals surface area (Å²) in [5.41, 5.74) is 0.497. The summed E-state index contributed by atoms with van der Waals surface area (Å²) < 4.78 is 0. The lowest BCUT2D eigenvalue weighted by Crippen LogP contribution is -2.44. The molecule has 1 aromatic carbocycles. The SMILES string of the molecule is CC(CN(C(=O)C1CCN(c2cc(Cl)ccc2Cl)C1=O)C1CC1)C(=O)O. The molecule has 2 fully saturated rings. The molecule has 2 unspecified atom stereocenters. The predicted octanol–water partition coefficient (Wildman–Crippen LogP) is 3.06. The van der Waals surface area contributed by atoms with Gasteiger partial charge in [0.25, 0.3) is 0 Å². The van der Waals surface area contributed by atoms with Crippen molar-refractivity contribution in [3.8, 4) is 0 Å². The second-order valence-electron chi connectivity index (χ2n) is 6.89. The van der Waals surface area contributed by atoms with E-state index in [0.29, 0.717) is 28.7 Å². The van der Waals surface area contributed by atoms with E-state index >= 15 is 0 Å². The van der Waals surface area contributed by atoms with Crippen LogP contribution in [0.15, 0.2) is 18.2 Å². The zero-order valence-corrected chi connectivity index (χ0v) is 15.8. The van der Waals surface area contributed by atoms with Crippen LogP contribution in [-0.4, -0.2) is 46.9 Å². The molecule has 2 aliphatic rings. The molecule has 3 rings (SSSR count). The van der Waals surface area contributed by atoms with Crippen molar-refractivity contribution >= 4 is 46.7 Å². The number of nitrogens with zero attached hydrogens (tertiary/aromatic N) is 2. The Balaban J connectivity index is 1.77. The molecule has 26 heavy (non-hydrogen) atoms. The average molecular weight is 399 g/mol. The first-order chi connectivity index (χ1) is 12.3. The number of anilines is 1. The summed E-state index contributed by atoms with van der Waals surface area (Å²) >= 11 is 12.2. The van der Waals surface area contributed by atoms with Crippen molar-refractivity contribution in [2.75, 3.05) is 18.0 Å². The number of carboxylic acids is 1. The van der Waals surface area contributed by atoms with Gasteiger partial charge in [-0.05, 0) is 37.5 Å². The van der Waals surface area contributed by atoms with Crippen LogP contribution in [0.5, 0.6) is 0 Å². The number of halogens is 2. The van der Waals surface area contributed by atoms with Crippen molar-refractivity contribution in [1.82, 2.24) is 4.90 Å². The molecular weight excluding hydrogens is 379 g/mol. The number of rotatable bonds is 6. The van der Waals surface area contributed by atoms with Crippen molar-refractivity contribution < 1.29 is 19.5 Å². The molecule has 1 saturated heterocycles. The van der Waals surface area contributed by atoms with E-state index in [2.05, 4.69) is 0 Å². The maximum atomic E-state index is 13.0. The van der Waals surface area contributed by atoms with E-state index in [9.17, 15) is 14.4 Å². The van der Waals surface area contributed by atoms with Gasteiger partial charge >= 0.3 is 5.97 Å². The number of amides is 2. The summed E-state index contributed by atoms with van der Waals surface area (Å²) in [6, 6.07) is 4.91. The molecule has 0 aromatic heterocycles. The Labute approximate surface area is 161 Å². The van der Waals surface area contributed by atoms with Crippen LogP contribution in [-0.2, 0) is 14.4 Å². The van der Waals surface area contributed by atoms with Crippen molar-refractivity contribution in [2.45, 2.75) is 32.2 Å². The molecule has 0 radical (unpaired) electrons. The van der Waals surface area contributed by atoms with Crippen LogP contribution in [0.4, 0.5) is 5.69 Å². The number of aliphatic carboxylic acids is 1. The Morgan fingerprint density at radius 3 is 2.62 bits per heavy atom. The van der Waals surface area contributed by atoms with Gasteiger partial charge in [-0.1, -0.05) is 30.1 Å². The third-order valence-corrected chi connectivity index (χ3v) is 5.42. The molecule has 1 N–H and O–H groups in total. The van der Waals surface area contributed by atoms with E-state index in [-0.39, 0.29) is 24.4 Å². The van der Waals surface area contributed by atoms with Crippen molar-refractivity contribution in [1.29, 1.82) is 0 Å². The van der Waals surface area contributed by atoms with E-state index in [4.69, 9.17) is 28.3 Å². The van der Waals surface area contributed by atoms with Crippen LogP contribution < -0.4 is 4.90 Å². The molecule has 1 aliphatic heterocycles. The first kappa shape index (κ1) is 19.0. The molecule has 1 aromatic rings. The summed E-state index contributed by atoms with van der Waals surface area (Å²) in [5, 5.41) is 10.00. The highest BCUT2D eigenvalue weighted by Gasteiger charge is 2.44.